The molecule has 0 spiro atoms. The van der Waals surface area contributed by atoms with E-state index in [2.05, 4.69) is 0 Å². The maximum absolute atomic E-state index is 11.8. The molecule has 6 heteroatoms. The first kappa shape index (κ1) is 14.7. The Bertz CT molecular complexity index is 309. The Morgan fingerprint density at radius 3 is 2.47 bits per heavy atom. The molecule has 0 radical (unpaired) electrons. The second-order valence-corrected chi connectivity index (χ2v) is 5.89. The molecule has 0 N–H and O–H groups in total. The van der Waals surface area contributed by atoms with E-state index in [1.165, 1.54) is 4.31 Å². The third-order valence-electron chi connectivity index (χ3n) is 1.91. The Hall–Kier alpha value is -0.310. The number of halogens is 1. The van der Waals surface area contributed by atoms with Crippen molar-refractivity contribution in [3.8, 4) is 6.07 Å². The van der Waals surface area contributed by atoms with Gasteiger partial charge >= 0.3 is 0 Å². The molecule has 0 unspecified atom stereocenters. The number of sulfonamides is 1. The summed E-state index contributed by atoms with van der Waals surface area (Å²) in [5.41, 5.74) is 0. The monoisotopic (exact) mass is 252 g/mol. The van der Waals surface area contributed by atoms with E-state index >= 15 is 0 Å². The van der Waals surface area contributed by atoms with Gasteiger partial charge in [-0.05, 0) is 20.3 Å². The number of nitrogens with zero attached hydrogens (tertiary/aromatic N) is 2. The minimum atomic E-state index is -3.26. The summed E-state index contributed by atoms with van der Waals surface area (Å²) in [6.45, 7) is 3.87. The predicted molar refractivity (Wildman–Crippen MR) is 61.2 cm³/mol. The summed E-state index contributed by atoms with van der Waals surface area (Å²) in [4.78, 5) is 0. The van der Waals surface area contributed by atoms with Crippen LogP contribution in [0.3, 0.4) is 0 Å². The van der Waals surface area contributed by atoms with Crippen LogP contribution in [0.4, 0.5) is 0 Å². The first-order valence-electron chi connectivity index (χ1n) is 4.88. The van der Waals surface area contributed by atoms with Gasteiger partial charge in [-0.15, -0.1) is 11.6 Å². The Balaban J connectivity index is 4.53. The summed E-state index contributed by atoms with van der Waals surface area (Å²) in [5.74, 6) is 0.392. The standard InChI is InChI=1S/C9H17ClN2O2S/c1-9(2)12(7-4-6-11)15(13,14)8-3-5-10/h9H,3-5,7-8H2,1-2H3. The molecule has 0 atom stereocenters. The smallest absolute Gasteiger partial charge is 0.212 e. The number of nitriles is 1. The lowest BCUT2D eigenvalue weighted by Gasteiger charge is -2.24. The Morgan fingerprint density at radius 1 is 1.47 bits per heavy atom. The Labute approximate surface area is 96.9 Å². The molecule has 0 bridgehead atoms. The van der Waals surface area contributed by atoms with Crippen LogP contribution in [0.25, 0.3) is 0 Å². The van der Waals surface area contributed by atoms with Crippen LogP contribution in [0, 0.1) is 11.3 Å². The highest BCUT2D eigenvalue weighted by molar-refractivity contribution is 7.89. The molecule has 4 nitrogen and oxygen atoms in total. The summed E-state index contributed by atoms with van der Waals surface area (Å²) in [5, 5.41) is 8.45. The molecule has 0 heterocycles. The topological polar surface area (TPSA) is 61.2 Å². The van der Waals surface area contributed by atoms with Crippen molar-refractivity contribution < 1.29 is 8.42 Å². The lowest BCUT2D eigenvalue weighted by Crippen LogP contribution is -2.39. The van der Waals surface area contributed by atoms with E-state index in [4.69, 9.17) is 16.9 Å². The lowest BCUT2D eigenvalue weighted by atomic mass is 10.3. The van der Waals surface area contributed by atoms with Crippen molar-refractivity contribution in [3.63, 3.8) is 0 Å². The maximum atomic E-state index is 11.8. The van der Waals surface area contributed by atoms with Gasteiger partial charge in [-0.2, -0.15) is 9.57 Å². The van der Waals surface area contributed by atoms with E-state index in [-0.39, 0.29) is 24.8 Å². The lowest BCUT2D eigenvalue weighted by molar-refractivity contribution is 0.360. The van der Waals surface area contributed by atoms with Crippen LogP contribution in [-0.2, 0) is 10.0 Å². The molecule has 15 heavy (non-hydrogen) atoms. The van der Waals surface area contributed by atoms with Gasteiger partial charge in [0.15, 0.2) is 0 Å². The third kappa shape index (κ3) is 5.36. The van der Waals surface area contributed by atoms with E-state index in [9.17, 15) is 8.42 Å². The fourth-order valence-corrected chi connectivity index (χ4v) is 3.28. The second kappa shape index (κ2) is 7.04. The van der Waals surface area contributed by atoms with Crippen LogP contribution in [-0.4, -0.2) is 36.9 Å². The third-order valence-corrected chi connectivity index (χ3v) is 4.30. The van der Waals surface area contributed by atoms with Gasteiger partial charge in [0, 0.05) is 24.9 Å². The molecular formula is C9H17ClN2O2S. The molecule has 0 saturated heterocycles. The van der Waals surface area contributed by atoms with Crippen LogP contribution in [0.1, 0.15) is 26.7 Å². The molecule has 0 saturated carbocycles. The van der Waals surface area contributed by atoms with Gasteiger partial charge in [0.05, 0.1) is 11.8 Å². The van der Waals surface area contributed by atoms with Crippen molar-refractivity contribution in [2.24, 2.45) is 0 Å². The molecule has 0 aliphatic rings. The van der Waals surface area contributed by atoms with Gasteiger partial charge < -0.3 is 0 Å². The highest BCUT2D eigenvalue weighted by Gasteiger charge is 2.23. The average molecular weight is 253 g/mol. The van der Waals surface area contributed by atoms with Crippen LogP contribution in [0.15, 0.2) is 0 Å². The fraction of sp³-hybridized carbons (Fsp3) is 0.889. The number of hydrogen-bond donors (Lipinski definition) is 0. The summed E-state index contributed by atoms with van der Waals surface area (Å²) < 4.78 is 25.0. The van der Waals surface area contributed by atoms with E-state index in [1.807, 2.05) is 6.07 Å². The summed E-state index contributed by atoms with van der Waals surface area (Å²) in [6.07, 6.45) is 0.665. The first-order valence-corrected chi connectivity index (χ1v) is 7.02. The minimum absolute atomic E-state index is 0.0557. The molecule has 0 amide bonds. The van der Waals surface area contributed by atoms with Crippen molar-refractivity contribution in [1.29, 1.82) is 5.26 Å². The number of rotatable bonds is 7. The minimum Gasteiger partial charge on any atom is -0.212 e. The van der Waals surface area contributed by atoms with Crippen LogP contribution in [0.5, 0.6) is 0 Å². The molecule has 0 aliphatic carbocycles. The average Bonchev–Trinajstić information content (AvgIpc) is 2.14. The SMILES string of the molecule is CC(C)N(CCC#N)S(=O)(=O)CCCCl. The Morgan fingerprint density at radius 2 is 2.07 bits per heavy atom. The van der Waals surface area contributed by atoms with Crippen molar-refractivity contribution in [2.75, 3.05) is 18.2 Å². The molecule has 88 valence electrons. The zero-order chi connectivity index (χ0) is 11.9. The molecule has 0 aromatic carbocycles. The largest absolute Gasteiger partial charge is 0.214 e. The maximum Gasteiger partial charge on any atom is 0.214 e. The van der Waals surface area contributed by atoms with E-state index < -0.39 is 10.0 Å². The van der Waals surface area contributed by atoms with Crippen LogP contribution in [0.2, 0.25) is 0 Å². The van der Waals surface area contributed by atoms with E-state index in [1.54, 1.807) is 13.8 Å². The van der Waals surface area contributed by atoms with Gasteiger partial charge in [-0.3, -0.25) is 0 Å². The Kier molecular flexibility index (Phi) is 6.90. The normalized spacial score (nSPS) is 12.0. The number of alkyl halides is 1. The van der Waals surface area contributed by atoms with Crippen molar-refractivity contribution >= 4 is 21.6 Å². The van der Waals surface area contributed by atoms with Gasteiger partial charge in [0.25, 0.3) is 0 Å². The van der Waals surface area contributed by atoms with E-state index in [0.29, 0.717) is 12.3 Å². The first-order chi connectivity index (χ1) is 6.95. The summed E-state index contributed by atoms with van der Waals surface area (Å²) >= 11 is 5.46. The predicted octanol–water partition coefficient (Wildman–Crippen LogP) is 1.57. The summed E-state index contributed by atoms with van der Waals surface area (Å²) in [7, 11) is -3.26. The molecule has 0 aliphatic heterocycles. The molecule has 0 aromatic heterocycles. The molecule has 0 aromatic rings. The van der Waals surface area contributed by atoms with Crippen molar-refractivity contribution in [1.82, 2.24) is 4.31 Å². The zero-order valence-corrected chi connectivity index (χ0v) is 10.7. The van der Waals surface area contributed by atoms with Gasteiger partial charge in [-0.1, -0.05) is 0 Å². The van der Waals surface area contributed by atoms with Gasteiger partial charge in [-0.25, -0.2) is 8.42 Å². The highest BCUT2D eigenvalue weighted by atomic mass is 35.5. The van der Waals surface area contributed by atoms with Crippen LogP contribution >= 0.6 is 11.6 Å². The quantitative estimate of drug-likeness (QED) is 0.646. The molecule has 0 fully saturated rings. The van der Waals surface area contributed by atoms with E-state index in [0.717, 1.165) is 0 Å². The van der Waals surface area contributed by atoms with Gasteiger partial charge in [0.1, 0.15) is 0 Å². The zero-order valence-electron chi connectivity index (χ0n) is 9.11. The van der Waals surface area contributed by atoms with Crippen molar-refractivity contribution in [3.05, 3.63) is 0 Å². The fourth-order valence-electron chi connectivity index (χ4n) is 1.23. The molecular weight excluding hydrogens is 236 g/mol. The van der Waals surface area contributed by atoms with Gasteiger partial charge in [0.2, 0.25) is 10.0 Å². The van der Waals surface area contributed by atoms with Crippen LogP contribution < -0.4 is 0 Å². The van der Waals surface area contributed by atoms with Crippen molar-refractivity contribution in [2.45, 2.75) is 32.7 Å². The molecule has 0 rings (SSSR count). The highest BCUT2D eigenvalue weighted by Crippen LogP contribution is 2.09. The summed E-state index contributed by atoms with van der Waals surface area (Å²) in [6, 6.07) is 1.84. The second-order valence-electron chi connectivity index (χ2n) is 3.47. The number of hydrogen-bond acceptors (Lipinski definition) is 3.